The molecule has 18 heavy (non-hydrogen) atoms. The highest BCUT2D eigenvalue weighted by Crippen LogP contribution is 2.32. The van der Waals surface area contributed by atoms with Gasteiger partial charge >= 0.3 is 6.18 Å². The minimum atomic E-state index is -4.42. The molecule has 0 unspecified atom stereocenters. The van der Waals surface area contributed by atoms with Crippen molar-refractivity contribution in [3.63, 3.8) is 0 Å². The summed E-state index contributed by atoms with van der Waals surface area (Å²) in [6.45, 7) is 1.84. The lowest BCUT2D eigenvalue weighted by Crippen LogP contribution is -2.04. The normalized spacial score (nSPS) is 11.9. The fraction of sp³-hybridized carbons (Fsp3) is 0.250. The van der Waals surface area contributed by atoms with Gasteiger partial charge in [-0.3, -0.25) is 0 Å². The van der Waals surface area contributed by atoms with E-state index in [1.165, 1.54) is 4.57 Å². The van der Waals surface area contributed by atoms with Crippen LogP contribution in [-0.4, -0.2) is 9.55 Å². The number of hydrogen-bond donors (Lipinski definition) is 0. The van der Waals surface area contributed by atoms with E-state index in [4.69, 9.17) is 0 Å². The first-order valence-corrected chi connectivity index (χ1v) is 5.95. The van der Waals surface area contributed by atoms with Crippen LogP contribution in [0.15, 0.2) is 28.9 Å². The lowest BCUT2D eigenvalue weighted by Gasteiger charge is -2.06. The number of rotatable bonds is 1. The third-order valence-electron chi connectivity index (χ3n) is 2.61. The van der Waals surface area contributed by atoms with E-state index >= 15 is 0 Å². The van der Waals surface area contributed by atoms with Crippen molar-refractivity contribution in [3.8, 4) is 11.4 Å². The van der Waals surface area contributed by atoms with E-state index in [9.17, 15) is 13.2 Å². The van der Waals surface area contributed by atoms with Crippen LogP contribution in [0.5, 0.6) is 0 Å². The molecule has 0 N–H and O–H groups in total. The summed E-state index contributed by atoms with van der Waals surface area (Å²) in [5.41, 5.74) is 0.683. The van der Waals surface area contributed by atoms with Gasteiger partial charge in [0.1, 0.15) is 5.82 Å². The van der Waals surface area contributed by atoms with Crippen molar-refractivity contribution in [1.82, 2.24) is 9.55 Å². The zero-order chi connectivity index (χ0) is 13.5. The van der Waals surface area contributed by atoms with Gasteiger partial charge in [-0.1, -0.05) is 22.0 Å². The predicted molar refractivity (Wildman–Crippen MR) is 66.1 cm³/mol. The predicted octanol–water partition coefficient (Wildman–Crippen LogP) is 4.18. The molecule has 0 aliphatic rings. The smallest absolute Gasteiger partial charge is 0.333 e. The van der Waals surface area contributed by atoms with Crippen LogP contribution in [0.3, 0.4) is 0 Å². The van der Waals surface area contributed by atoms with Crippen LogP contribution < -0.4 is 0 Å². The van der Waals surface area contributed by atoms with Crippen LogP contribution in [0.4, 0.5) is 13.2 Å². The first-order valence-electron chi connectivity index (χ1n) is 5.16. The number of halogens is 4. The van der Waals surface area contributed by atoms with E-state index in [2.05, 4.69) is 20.9 Å². The van der Waals surface area contributed by atoms with E-state index in [0.717, 1.165) is 16.2 Å². The molecule has 2 nitrogen and oxygen atoms in total. The summed E-state index contributed by atoms with van der Waals surface area (Å²) in [5.74, 6) is 0.307. The van der Waals surface area contributed by atoms with Gasteiger partial charge in [-0.25, -0.2) is 4.98 Å². The molecule has 6 heteroatoms. The summed E-state index contributed by atoms with van der Waals surface area (Å²) in [4.78, 5) is 3.67. The van der Waals surface area contributed by atoms with Gasteiger partial charge in [0.25, 0.3) is 0 Å². The number of hydrogen-bond acceptors (Lipinski definition) is 1. The van der Waals surface area contributed by atoms with E-state index < -0.39 is 11.9 Å². The van der Waals surface area contributed by atoms with Crippen LogP contribution >= 0.6 is 15.9 Å². The quantitative estimate of drug-likeness (QED) is 0.771. The Hall–Kier alpha value is -1.30. The molecule has 96 valence electrons. The Labute approximate surface area is 111 Å². The fourth-order valence-electron chi connectivity index (χ4n) is 1.69. The molecule has 2 rings (SSSR count). The number of benzene rings is 1. The Kier molecular flexibility index (Phi) is 3.23. The molecular formula is C12H10BrF3N2. The van der Waals surface area contributed by atoms with Crippen molar-refractivity contribution in [2.75, 3.05) is 0 Å². The average Bonchev–Trinajstić information content (AvgIpc) is 2.64. The number of aromatic nitrogens is 2. The van der Waals surface area contributed by atoms with Crippen molar-refractivity contribution < 1.29 is 13.2 Å². The lowest BCUT2D eigenvalue weighted by molar-refractivity contribution is -0.140. The molecule has 0 spiro atoms. The SMILES string of the molecule is Cc1ccc(Br)cc1-c1nc(C(F)(F)F)cn1C. The van der Waals surface area contributed by atoms with Crippen LogP contribution in [0.1, 0.15) is 11.3 Å². The minimum Gasteiger partial charge on any atom is -0.333 e. The van der Waals surface area contributed by atoms with Gasteiger partial charge in [-0.05, 0) is 24.6 Å². The Morgan fingerprint density at radius 2 is 1.94 bits per heavy atom. The summed E-state index contributed by atoms with van der Waals surface area (Å²) in [6, 6.07) is 5.44. The first-order chi connectivity index (χ1) is 8.29. The monoisotopic (exact) mass is 318 g/mol. The van der Waals surface area contributed by atoms with Gasteiger partial charge in [0, 0.05) is 23.3 Å². The van der Waals surface area contributed by atoms with Crippen molar-refractivity contribution in [1.29, 1.82) is 0 Å². The summed E-state index contributed by atoms with van der Waals surface area (Å²) < 4.78 is 40.0. The van der Waals surface area contributed by atoms with E-state index in [-0.39, 0.29) is 0 Å². The van der Waals surface area contributed by atoms with Gasteiger partial charge in [0.2, 0.25) is 0 Å². The minimum absolute atomic E-state index is 0.307. The molecule has 0 fully saturated rings. The Morgan fingerprint density at radius 1 is 1.28 bits per heavy atom. The zero-order valence-electron chi connectivity index (χ0n) is 9.72. The Balaban J connectivity index is 2.58. The molecule has 0 radical (unpaired) electrons. The summed E-state index contributed by atoms with van der Waals surface area (Å²) in [6.07, 6.45) is -3.42. The average molecular weight is 319 g/mol. The van der Waals surface area contributed by atoms with Gasteiger partial charge < -0.3 is 4.57 Å². The first kappa shape index (κ1) is 13.1. The topological polar surface area (TPSA) is 17.8 Å². The van der Waals surface area contributed by atoms with Crippen LogP contribution in [0.2, 0.25) is 0 Å². The highest BCUT2D eigenvalue weighted by Gasteiger charge is 2.34. The molecule has 0 saturated carbocycles. The number of nitrogens with zero attached hydrogens (tertiary/aromatic N) is 2. The second-order valence-corrected chi connectivity index (χ2v) is 4.93. The van der Waals surface area contributed by atoms with E-state index in [1.807, 2.05) is 19.1 Å². The second kappa shape index (κ2) is 4.42. The van der Waals surface area contributed by atoms with Crippen LogP contribution in [0.25, 0.3) is 11.4 Å². The molecule has 0 atom stereocenters. The van der Waals surface area contributed by atoms with Crippen molar-refractivity contribution >= 4 is 15.9 Å². The molecule has 1 aromatic carbocycles. The summed E-state index contributed by atoms with van der Waals surface area (Å²) in [5, 5.41) is 0. The molecule has 2 aromatic rings. The van der Waals surface area contributed by atoms with Gasteiger partial charge in [0.15, 0.2) is 5.69 Å². The summed E-state index contributed by atoms with van der Waals surface area (Å²) in [7, 11) is 1.55. The highest BCUT2D eigenvalue weighted by molar-refractivity contribution is 9.10. The molecule has 0 aliphatic carbocycles. The molecule has 0 bridgehead atoms. The molecule has 0 amide bonds. The van der Waals surface area contributed by atoms with Crippen molar-refractivity contribution in [2.24, 2.45) is 7.05 Å². The number of aryl methyl sites for hydroxylation is 2. The van der Waals surface area contributed by atoms with Gasteiger partial charge in [-0.15, -0.1) is 0 Å². The Bertz CT molecular complexity index is 587. The number of alkyl halides is 3. The molecule has 0 aliphatic heterocycles. The lowest BCUT2D eigenvalue weighted by atomic mass is 10.1. The third-order valence-corrected chi connectivity index (χ3v) is 3.10. The van der Waals surface area contributed by atoms with Crippen LogP contribution in [-0.2, 0) is 13.2 Å². The summed E-state index contributed by atoms with van der Waals surface area (Å²) >= 11 is 3.31. The van der Waals surface area contributed by atoms with Crippen molar-refractivity contribution in [2.45, 2.75) is 13.1 Å². The molecular weight excluding hydrogens is 309 g/mol. The molecule has 1 heterocycles. The second-order valence-electron chi connectivity index (χ2n) is 4.02. The van der Waals surface area contributed by atoms with E-state index in [1.54, 1.807) is 13.1 Å². The zero-order valence-corrected chi connectivity index (χ0v) is 11.3. The molecule has 0 saturated heterocycles. The third kappa shape index (κ3) is 2.43. The Morgan fingerprint density at radius 3 is 2.50 bits per heavy atom. The van der Waals surface area contributed by atoms with Crippen molar-refractivity contribution in [3.05, 3.63) is 40.1 Å². The molecule has 1 aromatic heterocycles. The highest BCUT2D eigenvalue weighted by atomic mass is 79.9. The van der Waals surface area contributed by atoms with Gasteiger partial charge in [-0.2, -0.15) is 13.2 Å². The maximum absolute atomic E-state index is 12.6. The number of imidazole rings is 1. The fourth-order valence-corrected chi connectivity index (χ4v) is 2.05. The van der Waals surface area contributed by atoms with E-state index in [0.29, 0.717) is 11.4 Å². The standard InChI is InChI=1S/C12H10BrF3N2/c1-7-3-4-8(13)5-9(7)11-17-10(6-18(11)2)12(14,15)16/h3-6H,1-2H3. The maximum atomic E-state index is 12.6. The maximum Gasteiger partial charge on any atom is 0.434 e. The van der Waals surface area contributed by atoms with Gasteiger partial charge in [0.05, 0.1) is 0 Å². The largest absolute Gasteiger partial charge is 0.434 e. The van der Waals surface area contributed by atoms with Crippen LogP contribution in [0, 0.1) is 6.92 Å².